The molecule has 3 amide bonds. The van der Waals surface area contributed by atoms with E-state index >= 15 is 0 Å². The van der Waals surface area contributed by atoms with E-state index < -0.39 is 60.0 Å². The molecule has 0 aliphatic rings. The lowest BCUT2D eigenvalue weighted by Crippen LogP contribution is -2.58. The van der Waals surface area contributed by atoms with Gasteiger partial charge in [-0.2, -0.15) is 0 Å². The number of carbonyl (C=O) groups is 5. The molecule has 0 heterocycles. The van der Waals surface area contributed by atoms with Crippen molar-refractivity contribution in [3.8, 4) is 0 Å². The minimum absolute atomic E-state index is 0.0192. The van der Waals surface area contributed by atoms with Crippen LogP contribution in [0.15, 0.2) is 60.7 Å². The van der Waals surface area contributed by atoms with Crippen molar-refractivity contribution in [1.29, 1.82) is 0 Å². The molecule has 0 aliphatic carbocycles. The Bertz CT molecular complexity index is 1210. The molecule has 4 atom stereocenters. The zero-order chi connectivity index (χ0) is 32.0. The first-order valence-electron chi connectivity index (χ1n) is 14.2. The molecule has 11 heteroatoms. The Labute approximate surface area is 253 Å². The number of esters is 2. The van der Waals surface area contributed by atoms with E-state index in [9.17, 15) is 24.0 Å². The molecular formula is C32H43N3O8. The number of amides is 3. The first kappa shape index (κ1) is 34.8. The molecule has 0 saturated carbocycles. The van der Waals surface area contributed by atoms with Gasteiger partial charge in [-0.15, -0.1) is 0 Å². The summed E-state index contributed by atoms with van der Waals surface area (Å²) in [7, 11) is 1.23. The van der Waals surface area contributed by atoms with Gasteiger partial charge in [0.15, 0.2) is 0 Å². The lowest BCUT2D eigenvalue weighted by atomic mass is 9.96. The first-order valence-corrected chi connectivity index (χ1v) is 14.2. The highest BCUT2D eigenvalue weighted by Crippen LogP contribution is 2.13. The molecule has 43 heavy (non-hydrogen) atoms. The van der Waals surface area contributed by atoms with Gasteiger partial charge < -0.3 is 30.2 Å². The maximum absolute atomic E-state index is 13.5. The Morgan fingerprint density at radius 3 is 1.91 bits per heavy atom. The number of benzene rings is 2. The van der Waals surface area contributed by atoms with Crippen LogP contribution in [-0.4, -0.2) is 60.7 Å². The standard InChI is InChI=1S/C32H43N3O8/c1-7-21(2)27(29(38)33-25(30(39)41-6)18-22-14-10-8-11-15-22)35-28(37)24(34-31(40)43-32(3,4)5)19-26(36)42-20-23-16-12-9-13-17-23/h8-17,21,24-25,27H,7,18-20H2,1-6H3,(H,33,38)(H,34,40)(H,35,37)/t21-,24+,25-,27-/m0/s1. The average Bonchev–Trinajstić information content (AvgIpc) is 2.97. The molecule has 0 saturated heterocycles. The maximum atomic E-state index is 13.5. The average molecular weight is 598 g/mol. The van der Waals surface area contributed by atoms with Crippen LogP contribution >= 0.6 is 0 Å². The van der Waals surface area contributed by atoms with Crippen molar-refractivity contribution in [3.05, 3.63) is 71.8 Å². The Morgan fingerprint density at radius 2 is 1.37 bits per heavy atom. The zero-order valence-corrected chi connectivity index (χ0v) is 25.7. The SMILES string of the molecule is CC[C@H](C)[C@H](NC(=O)[C@@H](CC(=O)OCc1ccccc1)NC(=O)OC(C)(C)C)C(=O)N[C@@H](Cc1ccccc1)C(=O)OC. The van der Waals surface area contributed by atoms with Crippen molar-refractivity contribution in [2.45, 2.75) is 84.2 Å². The van der Waals surface area contributed by atoms with Crippen molar-refractivity contribution in [3.63, 3.8) is 0 Å². The highest BCUT2D eigenvalue weighted by molar-refractivity contribution is 5.94. The number of ether oxygens (including phenoxy) is 3. The van der Waals surface area contributed by atoms with Crippen molar-refractivity contribution in [2.24, 2.45) is 5.92 Å². The molecule has 0 spiro atoms. The van der Waals surface area contributed by atoms with Gasteiger partial charge >= 0.3 is 18.0 Å². The third kappa shape index (κ3) is 12.6. The van der Waals surface area contributed by atoms with Crippen LogP contribution in [0, 0.1) is 5.92 Å². The molecule has 0 fully saturated rings. The fourth-order valence-electron chi connectivity index (χ4n) is 4.03. The Kier molecular flexibility index (Phi) is 13.7. The summed E-state index contributed by atoms with van der Waals surface area (Å²) >= 11 is 0. The van der Waals surface area contributed by atoms with Gasteiger partial charge in [0.1, 0.15) is 30.3 Å². The summed E-state index contributed by atoms with van der Waals surface area (Å²) in [6, 6.07) is 14.6. The summed E-state index contributed by atoms with van der Waals surface area (Å²) in [6.45, 7) is 8.56. The molecule has 11 nitrogen and oxygen atoms in total. The third-order valence-electron chi connectivity index (χ3n) is 6.50. The van der Waals surface area contributed by atoms with Crippen LogP contribution in [0.1, 0.15) is 58.6 Å². The van der Waals surface area contributed by atoms with Crippen LogP contribution in [-0.2, 0) is 46.4 Å². The number of carbonyl (C=O) groups excluding carboxylic acids is 5. The van der Waals surface area contributed by atoms with Crippen molar-refractivity contribution >= 4 is 29.8 Å². The molecule has 2 aromatic rings. The number of rotatable bonds is 14. The topological polar surface area (TPSA) is 149 Å². The molecule has 2 aromatic carbocycles. The number of hydrogen-bond acceptors (Lipinski definition) is 8. The molecule has 0 aromatic heterocycles. The summed E-state index contributed by atoms with van der Waals surface area (Å²) in [5.41, 5.74) is 0.693. The van der Waals surface area contributed by atoms with Gasteiger partial charge in [-0.25, -0.2) is 9.59 Å². The Hall–Kier alpha value is -4.41. The third-order valence-corrected chi connectivity index (χ3v) is 6.50. The van der Waals surface area contributed by atoms with Crippen molar-refractivity contribution in [1.82, 2.24) is 16.0 Å². The predicted octanol–water partition coefficient (Wildman–Crippen LogP) is 3.44. The second kappa shape index (κ2) is 16.9. The van der Waals surface area contributed by atoms with E-state index in [1.54, 1.807) is 52.0 Å². The highest BCUT2D eigenvalue weighted by Gasteiger charge is 2.34. The smallest absolute Gasteiger partial charge is 0.408 e. The summed E-state index contributed by atoms with van der Waals surface area (Å²) in [4.78, 5) is 64.8. The predicted molar refractivity (Wildman–Crippen MR) is 159 cm³/mol. The Morgan fingerprint density at radius 1 is 0.791 bits per heavy atom. The van der Waals surface area contributed by atoms with Crippen molar-refractivity contribution in [2.75, 3.05) is 7.11 Å². The largest absolute Gasteiger partial charge is 0.467 e. The minimum Gasteiger partial charge on any atom is -0.467 e. The lowest BCUT2D eigenvalue weighted by Gasteiger charge is -2.28. The molecule has 0 aliphatic heterocycles. The fraction of sp³-hybridized carbons (Fsp3) is 0.469. The van der Waals surface area contributed by atoms with Gasteiger partial charge in [0.05, 0.1) is 13.5 Å². The number of hydrogen-bond donors (Lipinski definition) is 3. The molecule has 0 unspecified atom stereocenters. The van der Waals surface area contributed by atoms with Crippen molar-refractivity contribution < 1.29 is 38.2 Å². The summed E-state index contributed by atoms with van der Waals surface area (Å²) in [6.07, 6.45) is -0.743. The highest BCUT2D eigenvalue weighted by atomic mass is 16.6. The second-order valence-corrected chi connectivity index (χ2v) is 11.2. The summed E-state index contributed by atoms with van der Waals surface area (Å²) in [5, 5.41) is 7.78. The van der Waals surface area contributed by atoms with E-state index in [2.05, 4.69) is 16.0 Å². The van der Waals surface area contributed by atoms with E-state index in [0.717, 1.165) is 11.1 Å². The maximum Gasteiger partial charge on any atom is 0.408 e. The molecule has 0 radical (unpaired) electrons. The van der Waals surface area contributed by atoms with Crippen LogP contribution in [0.3, 0.4) is 0 Å². The van der Waals surface area contributed by atoms with Gasteiger partial charge in [0, 0.05) is 6.42 Å². The van der Waals surface area contributed by atoms with Crippen LogP contribution < -0.4 is 16.0 Å². The minimum atomic E-state index is -1.40. The van der Waals surface area contributed by atoms with Crippen LogP contribution in [0.25, 0.3) is 0 Å². The van der Waals surface area contributed by atoms with Crippen LogP contribution in [0.2, 0.25) is 0 Å². The number of nitrogens with one attached hydrogen (secondary N) is 3. The van der Waals surface area contributed by atoms with E-state index in [4.69, 9.17) is 14.2 Å². The molecular weight excluding hydrogens is 554 g/mol. The van der Waals surface area contributed by atoms with E-state index in [1.165, 1.54) is 7.11 Å². The molecule has 2 rings (SSSR count). The second-order valence-electron chi connectivity index (χ2n) is 11.2. The van der Waals surface area contributed by atoms with Crippen LogP contribution in [0.5, 0.6) is 0 Å². The lowest BCUT2D eigenvalue weighted by molar-refractivity contribution is -0.147. The quantitative estimate of drug-likeness (QED) is 0.222. The van der Waals surface area contributed by atoms with Crippen LogP contribution in [0.4, 0.5) is 4.79 Å². The summed E-state index contributed by atoms with van der Waals surface area (Å²) in [5.74, 6) is -3.15. The first-order chi connectivity index (χ1) is 20.3. The van der Waals surface area contributed by atoms with E-state index in [0.29, 0.717) is 6.42 Å². The van der Waals surface area contributed by atoms with E-state index in [-0.39, 0.29) is 18.9 Å². The van der Waals surface area contributed by atoms with E-state index in [1.807, 2.05) is 43.3 Å². The number of alkyl carbamates (subject to hydrolysis) is 1. The normalized spacial score (nSPS) is 13.8. The fourth-order valence-corrected chi connectivity index (χ4v) is 4.03. The zero-order valence-electron chi connectivity index (χ0n) is 25.7. The molecule has 3 N–H and O–H groups in total. The summed E-state index contributed by atoms with van der Waals surface area (Å²) < 4.78 is 15.5. The monoisotopic (exact) mass is 597 g/mol. The van der Waals surface area contributed by atoms with Gasteiger partial charge in [-0.05, 0) is 37.8 Å². The van der Waals surface area contributed by atoms with Gasteiger partial charge in [0.2, 0.25) is 11.8 Å². The molecule has 0 bridgehead atoms. The van der Waals surface area contributed by atoms with Gasteiger partial charge in [-0.3, -0.25) is 14.4 Å². The van der Waals surface area contributed by atoms with Gasteiger partial charge in [0.25, 0.3) is 0 Å². The van der Waals surface area contributed by atoms with Gasteiger partial charge in [-0.1, -0.05) is 80.9 Å². The Balaban J connectivity index is 2.21. The number of methoxy groups -OCH3 is 1. The molecule has 234 valence electrons.